The predicted molar refractivity (Wildman–Crippen MR) is 102 cm³/mol. The lowest BCUT2D eigenvalue weighted by atomic mass is 9.83. The summed E-state index contributed by atoms with van der Waals surface area (Å²) in [7, 11) is -2.41. The van der Waals surface area contributed by atoms with Crippen LogP contribution in [-0.4, -0.2) is 26.1 Å². The zero-order chi connectivity index (χ0) is 17.2. The molecule has 128 valence electrons. The van der Waals surface area contributed by atoms with Gasteiger partial charge in [0.25, 0.3) is 8.32 Å². The second-order valence-corrected chi connectivity index (χ2v) is 12.2. The van der Waals surface area contributed by atoms with Crippen LogP contribution in [0.2, 0.25) is 5.04 Å². The van der Waals surface area contributed by atoms with E-state index >= 15 is 0 Å². The van der Waals surface area contributed by atoms with E-state index in [2.05, 4.69) is 81.4 Å². The van der Waals surface area contributed by atoms with Gasteiger partial charge in [-0.3, -0.25) is 0 Å². The van der Waals surface area contributed by atoms with E-state index in [1.54, 1.807) is 0 Å². The highest BCUT2D eigenvalue weighted by Crippen LogP contribution is 2.41. The molecule has 0 spiro atoms. The van der Waals surface area contributed by atoms with Gasteiger partial charge in [0.15, 0.2) is 0 Å². The molecule has 0 unspecified atom stereocenters. The molecular weight excluding hydrogens is 312 g/mol. The number of hydrogen-bond acceptors (Lipinski definition) is 2. The fourth-order valence-electron chi connectivity index (χ4n) is 3.86. The third-order valence-electron chi connectivity index (χ3n) is 5.21. The van der Waals surface area contributed by atoms with Crippen LogP contribution < -0.4 is 10.4 Å². The number of rotatable bonds is 5. The molecule has 0 aromatic heterocycles. The molecule has 1 aliphatic carbocycles. The normalized spacial score (nSPS) is 21.3. The average molecular weight is 341 g/mol. The van der Waals surface area contributed by atoms with Crippen molar-refractivity contribution in [2.75, 3.05) is 6.61 Å². The molecular formula is C21H28O2Si. The van der Waals surface area contributed by atoms with Crippen molar-refractivity contribution in [3.63, 3.8) is 0 Å². The first-order valence-corrected chi connectivity index (χ1v) is 10.8. The van der Waals surface area contributed by atoms with E-state index in [0.717, 1.165) is 12.8 Å². The molecule has 0 amide bonds. The quantitative estimate of drug-likeness (QED) is 0.846. The van der Waals surface area contributed by atoms with Crippen LogP contribution in [0.4, 0.5) is 0 Å². The predicted octanol–water partition coefficient (Wildman–Crippen LogP) is 3.33. The molecule has 2 aromatic rings. The van der Waals surface area contributed by atoms with Gasteiger partial charge in [-0.05, 0) is 34.2 Å². The highest BCUT2D eigenvalue weighted by molar-refractivity contribution is 6.99. The SMILES string of the molecule is CC(C)(C)[Si](O[C@H]1C[C@@H](CO)C1)(c1ccccc1)c1ccccc1. The molecule has 0 radical (unpaired) electrons. The lowest BCUT2D eigenvalue weighted by Gasteiger charge is -2.48. The number of aliphatic hydroxyl groups excluding tert-OH is 1. The highest BCUT2D eigenvalue weighted by Gasteiger charge is 2.52. The minimum absolute atomic E-state index is 0.0278. The smallest absolute Gasteiger partial charge is 0.261 e. The van der Waals surface area contributed by atoms with E-state index in [1.807, 2.05) is 0 Å². The van der Waals surface area contributed by atoms with E-state index in [4.69, 9.17) is 4.43 Å². The molecule has 1 aliphatic rings. The summed E-state index contributed by atoms with van der Waals surface area (Å²) in [5, 5.41) is 12.0. The van der Waals surface area contributed by atoms with Gasteiger partial charge in [-0.15, -0.1) is 0 Å². The Labute approximate surface area is 146 Å². The summed E-state index contributed by atoms with van der Waals surface area (Å²) in [5.74, 6) is 0.410. The second-order valence-electron chi connectivity index (χ2n) is 7.92. The van der Waals surface area contributed by atoms with E-state index < -0.39 is 8.32 Å². The van der Waals surface area contributed by atoms with Gasteiger partial charge in [-0.25, -0.2) is 0 Å². The fraction of sp³-hybridized carbons (Fsp3) is 0.429. The van der Waals surface area contributed by atoms with E-state index in [0.29, 0.717) is 5.92 Å². The molecule has 2 nitrogen and oxygen atoms in total. The van der Waals surface area contributed by atoms with Crippen LogP contribution in [0.1, 0.15) is 33.6 Å². The summed E-state index contributed by atoms with van der Waals surface area (Å²) in [4.78, 5) is 0. The Morgan fingerprint density at radius 3 is 1.75 bits per heavy atom. The third kappa shape index (κ3) is 3.08. The van der Waals surface area contributed by atoms with Crippen molar-refractivity contribution < 1.29 is 9.53 Å². The Morgan fingerprint density at radius 1 is 0.917 bits per heavy atom. The molecule has 0 saturated heterocycles. The maximum atomic E-state index is 9.35. The summed E-state index contributed by atoms with van der Waals surface area (Å²) in [6.07, 6.45) is 2.20. The standard InChI is InChI=1S/C21H28O2Si/c1-21(2,3)24(19-10-6-4-7-11-19,20-12-8-5-9-13-20)23-18-14-17(15-18)16-22/h4-13,17-18,22H,14-16H2,1-3H3/t17-,18+. The van der Waals surface area contributed by atoms with Crippen molar-refractivity contribution in [1.82, 2.24) is 0 Å². The molecule has 0 aliphatic heterocycles. The Morgan fingerprint density at radius 2 is 1.38 bits per heavy atom. The van der Waals surface area contributed by atoms with E-state index in [-0.39, 0.29) is 17.7 Å². The third-order valence-corrected chi connectivity index (χ3v) is 10.3. The van der Waals surface area contributed by atoms with Crippen LogP contribution in [0.25, 0.3) is 0 Å². The van der Waals surface area contributed by atoms with Crippen molar-refractivity contribution >= 4 is 18.7 Å². The van der Waals surface area contributed by atoms with Crippen LogP contribution >= 0.6 is 0 Å². The summed E-state index contributed by atoms with van der Waals surface area (Å²) < 4.78 is 6.97. The molecule has 1 N–H and O–H groups in total. The zero-order valence-corrected chi connectivity index (χ0v) is 15.9. The summed E-state index contributed by atoms with van der Waals surface area (Å²) >= 11 is 0. The van der Waals surface area contributed by atoms with Crippen LogP contribution in [0.3, 0.4) is 0 Å². The minimum atomic E-state index is -2.41. The minimum Gasteiger partial charge on any atom is -0.404 e. The molecule has 0 atom stereocenters. The summed E-state index contributed by atoms with van der Waals surface area (Å²) in [5.41, 5.74) is 0. The average Bonchev–Trinajstić information content (AvgIpc) is 2.54. The van der Waals surface area contributed by atoms with Gasteiger partial charge >= 0.3 is 0 Å². The number of hydrogen-bond donors (Lipinski definition) is 1. The molecule has 3 rings (SSSR count). The molecule has 0 bridgehead atoms. The van der Waals surface area contributed by atoms with E-state index in [9.17, 15) is 5.11 Å². The first kappa shape index (κ1) is 17.4. The van der Waals surface area contributed by atoms with Gasteiger partial charge in [-0.1, -0.05) is 81.4 Å². The molecule has 24 heavy (non-hydrogen) atoms. The van der Waals surface area contributed by atoms with Crippen LogP contribution in [0.15, 0.2) is 60.7 Å². The first-order chi connectivity index (χ1) is 11.5. The van der Waals surface area contributed by atoms with Crippen molar-refractivity contribution in [1.29, 1.82) is 0 Å². The number of benzene rings is 2. The van der Waals surface area contributed by atoms with Gasteiger partial charge in [0.05, 0.1) is 0 Å². The van der Waals surface area contributed by atoms with Crippen molar-refractivity contribution in [3.8, 4) is 0 Å². The molecule has 1 saturated carbocycles. The molecule has 3 heteroatoms. The number of aliphatic hydroxyl groups is 1. The van der Waals surface area contributed by atoms with E-state index in [1.165, 1.54) is 10.4 Å². The van der Waals surface area contributed by atoms with Gasteiger partial charge in [-0.2, -0.15) is 0 Å². The maximum Gasteiger partial charge on any atom is 0.261 e. The van der Waals surface area contributed by atoms with Crippen molar-refractivity contribution in [2.45, 2.75) is 44.8 Å². The largest absolute Gasteiger partial charge is 0.404 e. The summed E-state index contributed by atoms with van der Waals surface area (Å²) in [6.45, 7) is 7.20. The van der Waals surface area contributed by atoms with Crippen LogP contribution in [0.5, 0.6) is 0 Å². The van der Waals surface area contributed by atoms with Crippen molar-refractivity contribution in [2.24, 2.45) is 5.92 Å². The first-order valence-electron chi connectivity index (χ1n) is 8.87. The second kappa shape index (κ2) is 6.83. The Balaban J connectivity index is 2.08. The highest BCUT2D eigenvalue weighted by atomic mass is 28.4. The van der Waals surface area contributed by atoms with Gasteiger partial charge < -0.3 is 9.53 Å². The lowest BCUT2D eigenvalue weighted by Crippen LogP contribution is -2.68. The monoisotopic (exact) mass is 340 g/mol. The van der Waals surface area contributed by atoms with Crippen molar-refractivity contribution in [3.05, 3.63) is 60.7 Å². The van der Waals surface area contributed by atoms with Crippen LogP contribution in [-0.2, 0) is 4.43 Å². The Kier molecular flexibility index (Phi) is 4.95. The topological polar surface area (TPSA) is 29.5 Å². The Hall–Kier alpha value is -1.42. The molecule has 1 fully saturated rings. The van der Waals surface area contributed by atoms with Crippen LogP contribution in [0, 0.1) is 5.92 Å². The lowest BCUT2D eigenvalue weighted by molar-refractivity contribution is 0.0258. The maximum absolute atomic E-state index is 9.35. The van der Waals surface area contributed by atoms with Gasteiger partial charge in [0.1, 0.15) is 0 Å². The molecule has 0 heterocycles. The Bertz CT molecular complexity index is 603. The van der Waals surface area contributed by atoms with Gasteiger partial charge in [0, 0.05) is 12.7 Å². The van der Waals surface area contributed by atoms with Gasteiger partial charge in [0.2, 0.25) is 0 Å². The molecule has 2 aromatic carbocycles. The summed E-state index contributed by atoms with van der Waals surface area (Å²) in [6, 6.07) is 21.5. The zero-order valence-electron chi connectivity index (χ0n) is 14.9. The fourth-order valence-corrected chi connectivity index (χ4v) is 8.57.